The smallest absolute Gasteiger partial charge is 0.131 e. The van der Waals surface area contributed by atoms with E-state index in [1.807, 2.05) is 6.20 Å². The predicted octanol–water partition coefficient (Wildman–Crippen LogP) is 2.76. The van der Waals surface area contributed by atoms with Gasteiger partial charge in [0.15, 0.2) is 0 Å². The highest BCUT2D eigenvalue weighted by Gasteiger charge is 2.25. The molecule has 0 amide bonds. The molecule has 1 aliphatic carbocycles. The van der Waals surface area contributed by atoms with Gasteiger partial charge < -0.3 is 5.32 Å². The first-order valence-corrected chi connectivity index (χ1v) is 6.92. The Morgan fingerprint density at radius 2 is 2.29 bits per heavy atom. The molecule has 0 radical (unpaired) electrons. The van der Waals surface area contributed by atoms with Crippen LogP contribution in [0.25, 0.3) is 0 Å². The first kappa shape index (κ1) is 11.1. The number of rotatable bonds is 2. The molecular weight excluding hydrogens is 210 g/mol. The molecule has 3 heteroatoms. The zero-order chi connectivity index (χ0) is 11.7. The van der Waals surface area contributed by atoms with Crippen LogP contribution in [0.3, 0.4) is 0 Å². The molecule has 0 aromatic carbocycles. The molecule has 1 N–H and O–H groups in total. The minimum absolute atomic E-state index is 0.611. The van der Waals surface area contributed by atoms with E-state index in [0.29, 0.717) is 5.92 Å². The molecule has 1 saturated carbocycles. The molecule has 0 saturated heterocycles. The van der Waals surface area contributed by atoms with Gasteiger partial charge >= 0.3 is 0 Å². The Morgan fingerprint density at radius 1 is 1.35 bits per heavy atom. The van der Waals surface area contributed by atoms with Crippen molar-refractivity contribution in [2.75, 3.05) is 0 Å². The van der Waals surface area contributed by atoms with E-state index in [1.165, 1.54) is 43.4 Å². The molecule has 2 aliphatic rings. The number of fused-ring (bicyclic) bond motifs is 1. The van der Waals surface area contributed by atoms with E-state index in [1.54, 1.807) is 0 Å². The summed E-state index contributed by atoms with van der Waals surface area (Å²) in [7, 11) is 0. The highest BCUT2D eigenvalue weighted by molar-refractivity contribution is 5.22. The first-order chi connectivity index (χ1) is 8.36. The van der Waals surface area contributed by atoms with E-state index in [0.717, 1.165) is 24.8 Å². The summed E-state index contributed by atoms with van der Waals surface area (Å²) < 4.78 is 0. The highest BCUT2D eigenvalue weighted by Crippen LogP contribution is 2.36. The Balaban J connectivity index is 1.79. The summed E-state index contributed by atoms with van der Waals surface area (Å²) in [4.78, 5) is 9.36. The minimum Gasteiger partial charge on any atom is -0.307 e. The van der Waals surface area contributed by atoms with Crippen molar-refractivity contribution < 1.29 is 0 Å². The molecular formula is C14H21N3. The predicted molar refractivity (Wildman–Crippen MR) is 67.6 cm³/mol. The van der Waals surface area contributed by atoms with Crippen LogP contribution < -0.4 is 5.32 Å². The van der Waals surface area contributed by atoms with Crippen molar-refractivity contribution in [2.24, 2.45) is 5.92 Å². The van der Waals surface area contributed by atoms with E-state index >= 15 is 0 Å². The van der Waals surface area contributed by atoms with Crippen LogP contribution in [0.4, 0.5) is 0 Å². The van der Waals surface area contributed by atoms with Crippen LogP contribution in [0.2, 0.25) is 0 Å². The van der Waals surface area contributed by atoms with Gasteiger partial charge in [-0.05, 0) is 18.8 Å². The van der Waals surface area contributed by atoms with Crippen molar-refractivity contribution in [1.82, 2.24) is 15.3 Å². The second kappa shape index (κ2) is 4.73. The summed E-state index contributed by atoms with van der Waals surface area (Å²) in [6.45, 7) is 4.17. The van der Waals surface area contributed by atoms with Crippen molar-refractivity contribution in [3.63, 3.8) is 0 Å². The molecule has 1 aromatic heterocycles. The number of nitrogens with zero attached hydrogens (tertiary/aromatic N) is 2. The Morgan fingerprint density at radius 3 is 3.18 bits per heavy atom. The van der Waals surface area contributed by atoms with Gasteiger partial charge in [0.2, 0.25) is 0 Å². The summed E-state index contributed by atoms with van der Waals surface area (Å²) in [5.74, 6) is 2.61. The van der Waals surface area contributed by atoms with E-state index in [9.17, 15) is 0 Å². The zero-order valence-electron chi connectivity index (χ0n) is 10.6. The fourth-order valence-corrected chi connectivity index (χ4v) is 3.17. The fraction of sp³-hybridized carbons (Fsp3) is 0.714. The molecule has 0 bridgehead atoms. The standard InChI is InChI=1S/C14H21N3/c1-2-10-4-3-5-11(6-10)14-16-8-12-7-15-9-13(12)17-14/h8,10-11,15H,2-7,9H2,1H3. The maximum atomic E-state index is 4.77. The molecule has 92 valence electrons. The zero-order valence-corrected chi connectivity index (χ0v) is 10.6. The van der Waals surface area contributed by atoms with Gasteiger partial charge in [-0.15, -0.1) is 0 Å². The van der Waals surface area contributed by atoms with Gasteiger partial charge in [0.05, 0.1) is 5.69 Å². The summed E-state index contributed by atoms with van der Waals surface area (Å²) in [6, 6.07) is 0. The summed E-state index contributed by atoms with van der Waals surface area (Å²) in [5, 5.41) is 3.34. The molecule has 2 heterocycles. The van der Waals surface area contributed by atoms with Gasteiger partial charge in [-0.1, -0.05) is 26.2 Å². The van der Waals surface area contributed by atoms with Gasteiger partial charge in [-0.3, -0.25) is 0 Å². The second-order valence-corrected chi connectivity index (χ2v) is 5.44. The van der Waals surface area contributed by atoms with Crippen LogP contribution in [0.1, 0.15) is 62.0 Å². The maximum absolute atomic E-state index is 4.77. The lowest BCUT2D eigenvalue weighted by molar-refractivity contribution is 0.307. The van der Waals surface area contributed by atoms with Crippen molar-refractivity contribution in [2.45, 2.75) is 58.0 Å². The molecule has 0 spiro atoms. The maximum Gasteiger partial charge on any atom is 0.131 e. The number of hydrogen-bond donors (Lipinski definition) is 1. The summed E-state index contributed by atoms with van der Waals surface area (Å²) >= 11 is 0. The molecule has 3 nitrogen and oxygen atoms in total. The lowest BCUT2D eigenvalue weighted by atomic mass is 9.80. The molecule has 2 unspecified atom stereocenters. The largest absolute Gasteiger partial charge is 0.307 e. The van der Waals surface area contributed by atoms with Crippen LogP contribution in [0.5, 0.6) is 0 Å². The van der Waals surface area contributed by atoms with Crippen LogP contribution in [0, 0.1) is 5.92 Å². The number of hydrogen-bond acceptors (Lipinski definition) is 3. The van der Waals surface area contributed by atoms with E-state index in [2.05, 4.69) is 17.2 Å². The lowest BCUT2D eigenvalue weighted by Gasteiger charge is -2.27. The third-order valence-electron chi connectivity index (χ3n) is 4.31. The van der Waals surface area contributed by atoms with Gasteiger partial charge in [-0.25, -0.2) is 9.97 Å². The van der Waals surface area contributed by atoms with E-state index < -0.39 is 0 Å². The van der Waals surface area contributed by atoms with Gasteiger partial charge in [0, 0.05) is 30.8 Å². The Bertz CT molecular complexity index is 402. The quantitative estimate of drug-likeness (QED) is 0.850. The molecule has 2 atom stereocenters. The SMILES string of the molecule is CCC1CCCC(c2ncc3c(n2)CNC3)C1. The third-order valence-corrected chi connectivity index (χ3v) is 4.31. The fourth-order valence-electron chi connectivity index (χ4n) is 3.17. The minimum atomic E-state index is 0.611. The average Bonchev–Trinajstić information content (AvgIpc) is 2.86. The highest BCUT2D eigenvalue weighted by atomic mass is 15.0. The molecule has 3 rings (SSSR count). The van der Waals surface area contributed by atoms with E-state index in [4.69, 9.17) is 4.98 Å². The second-order valence-electron chi connectivity index (χ2n) is 5.44. The van der Waals surface area contributed by atoms with Crippen molar-refractivity contribution >= 4 is 0 Å². The van der Waals surface area contributed by atoms with Crippen molar-refractivity contribution in [3.8, 4) is 0 Å². The molecule has 1 aliphatic heterocycles. The molecule has 1 aromatic rings. The summed E-state index contributed by atoms with van der Waals surface area (Å²) in [5.41, 5.74) is 2.52. The third kappa shape index (κ3) is 2.21. The van der Waals surface area contributed by atoms with Crippen LogP contribution >= 0.6 is 0 Å². The van der Waals surface area contributed by atoms with Crippen molar-refractivity contribution in [1.29, 1.82) is 0 Å². The van der Waals surface area contributed by atoms with Crippen LogP contribution in [-0.2, 0) is 13.1 Å². The van der Waals surface area contributed by atoms with Gasteiger partial charge in [0.25, 0.3) is 0 Å². The Kier molecular flexibility index (Phi) is 3.10. The Labute approximate surface area is 103 Å². The molecule has 17 heavy (non-hydrogen) atoms. The Hall–Kier alpha value is -0.960. The van der Waals surface area contributed by atoms with Gasteiger partial charge in [-0.2, -0.15) is 0 Å². The van der Waals surface area contributed by atoms with Crippen LogP contribution in [-0.4, -0.2) is 9.97 Å². The normalized spacial score (nSPS) is 28.1. The summed E-state index contributed by atoms with van der Waals surface area (Å²) in [6.07, 6.45) is 8.67. The van der Waals surface area contributed by atoms with Crippen molar-refractivity contribution in [3.05, 3.63) is 23.3 Å². The number of nitrogens with one attached hydrogen (secondary N) is 1. The number of aromatic nitrogens is 2. The molecule has 1 fully saturated rings. The topological polar surface area (TPSA) is 37.8 Å². The first-order valence-electron chi connectivity index (χ1n) is 6.92. The van der Waals surface area contributed by atoms with E-state index in [-0.39, 0.29) is 0 Å². The van der Waals surface area contributed by atoms with Gasteiger partial charge in [0.1, 0.15) is 5.82 Å². The van der Waals surface area contributed by atoms with Crippen LogP contribution in [0.15, 0.2) is 6.20 Å². The monoisotopic (exact) mass is 231 g/mol. The lowest BCUT2D eigenvalue weighted by Crippen LogP contribution is -2.16. The average molecular weight is 231 g/mol.